The molecule has 0 aromatic rings. The van der Waals surface area contributed by atoms with Crippen LogP contribution in [0, 0.1) is 0 Å². The molecule has 0 aliphatic heterocycles. The van der Waals surface area contributed by atoms with Gasteiger partial charge in [-0.25, -0.2) is 0 Å². The molecule has 0 aliphatic rings. The van der Waals surface area contributed by atoms with Crippen LogP contribution in [0.3, 0.4) is 0 Å². The van der Waals surface area contributed by atoms with E-state index in [1.807, 2.05) is 0 Å². The van der Waals surface area contributed by atoms with Crippen LogP contribution in [0.15, 0.2) is 0 Å². The highest BCUT2D eigenvalue weighted by Crippen LogP contribution is 2.12. The number of ether oxygens (including phenoxy) is 3. The Balaban J connectivity index is 4.62. The predicted octanol–water partition coefficient (Wildman–Crippen LogP) is 9.20. The number of carbonyl (C=O) groups is 3. The zero-order valence-corrected chi connectivity index (χ0v) is 34.3. The minimum atomic E-state index is -0.193. The number of methoxy groups -OCH3 is 1. The highest BCUT2D eigenvalue weighted by atomic mass is 16.5. The molecule has 0 amide bonds. The zero-order chi connectivity index (χ0) is 37.6. The number of hydrogen-bond donors (Lipinski definition) is 0. The number of nitrogens with zero attached hydrogens (tertiary/aromatic N) is 3. The standard InChI is InChI=1S/C42H83N3O6/c1-6-8-10-12-14-16-18-20-22-24-38-50-41(47)29-36-45(34-27-33-44(32-26-31-43(3)4)35-28-40(46)49-5)37-30-42(48)51-39-25-23-21-19-17-15-13-11-9-7-2/h6-39H2,1-5H3. The molecule has 0 aliphatic carbocycles. The summed E-state index contributed by atoms with van der Waals surface area (Å²) in [5, 5.41) is 0. The first kappa shape index (κ1) is 49.3. The average Bonchev–Trinajstić information content (AvgIpc) is 3.12. The van der Waals surface area contributed by atoms with Gasteiger partial charge in [-0.05, 0) is 66.0 Å². The van der Waals surface area contributed by atoms with Crippen molar-refractivity contribution in [3.8, 4) is 0 Å². The minimum Gasteiger partial charge on any atom is -0.469 e. The lowest BCUT2D eigenvalue weighted by atomic mass is 10.1. The molecule has 9 nitrogen and oxygen atoms in total. The van der Waals surface area contributed by atoms with Gasteiger partial charge in [0.25, 0.3) is 0 Å². The Labute approximate surface area is 315 Å². The van der Waals surface area contributed by atoms with Crippen LogP contribution in [0.25, 0.3) is 0 Å². The lowest BCUT2D eigenvalue weighted by Gasteiger charge is -2.26. The fraction of sp³-hybridized carbons (Fsp3) is 0.929. The fourth-order valence-corrected chi connectivity index (χ4v) is 6.34. The van der Waals surface area contributed by atoms with Crippen molar-refractivity contribution in [2.75, 3.05) is 80.2 Å². The second kappa shape index (κ2) is 38.0. The molecule has 302 valence electrons. The Kier molecular flexibility index (Phi) is 36.8. The second-order valence-corrected chi connectivity index (χ2v) is 14.8. The van der Waals surface area contributed by atoms with Crippen LogP contribution in [-0.2, 0) is 28.6 Å². The summed E-state index contributed by atoms with van der Waals surface area (Å²) in [6.07, 6.45) is 27.9. The van der Waals surface area contributed by atoms with E-state index in [1.54, 1.807) is 0 Å². The van der Waals surface area contributed by atoms with Crippen molar-refractivity contribution < 1.29 is 28.6 Å². The minimum absolute atomic E-state index is 0.164. The summed E-state index contributed by atoms with van der Waals surface area (Å²) >= 11 is 0. The van der Waals surface area contributed by atoms with E-state index in [2.05, 4.69) is 42.6 Å². The van der Waals surface area contributed by atoms with Gasteiger partial charge < -0.3 is 28.9 Å². The van der Waals surface area contributed by atoms with E-state index in [0.717, 1.165) is 64.7 Å². The molecule has 0 bridgehead atoms. The van der Waals surface area contributed by atoms with E-state index in [9.17, 15) is 14.4 Å². The van der Waals surface area contributed by atoms with Gasteiger partial charge in [-0.15, -0.1) is 0 Å². The van der Waals surface area contributed by atoms with Crippen LogP contribution in [0.5, 0.6) is 0 Å². The van der Waals surface area contributed by atoms with E-state index in [1.165, 1.54) is 110 Å². The monoisotopic (exact) mass is 726 g/mol. The number of esters is 3. The Morgan fingerprint density at radius 2 is 0.706 bits per heavy atom. The van der Waals surface area contributed by atoms with Crippen LogP contribution in [0.4, 0.5) is 0 Å². The van der Waals surface area contributed by atoms with Crippen molar-refractivity contribution in [3.63, 3.8) is 0 Å². The van der Waals surface area contributed by atoms with E-state index >= 15 is 0 Å². The molecule has 0 saturated heterocycles. The van der Waals surface area contributed by atoms with Crippen molar-refractivity contribution in [1.82, 2.24) is 14.7 Å². The molecule has 0 heterocycles. The lowest BCUT2D eigenvalue weighted by Crippen LogP contribution is -2.35. The van der Waals surface area contributed by atoms with Crippen molar-refractivity contribution in [3.05, 3.63) is 0 Å². The maximum absolute atomic E-state index is 12.6. The lowest BCUT2D eigenvalue weighted by molar-refractivity contribution is -0.144. The van der Waals surface area contributed by atoms with Gasteiger partial charge in [0.1, 0.15) is 0 Å². The maximum atomic E-state index is 12.6. The van der Waals surface area contributed by atoms with Crippen LogP contribution < -0.4 is 0 Å². The van der Waals surface area contributed by atoms with Crippen LogP contribution in [0.1, 0.15) is 174 Å². The Morgan fingerprint density at radius 3 is 1.06 bits per heavy atom. The number of hydrogen-bond acceptors (Lipinski definition) is 9. The normalized spacial score (nSPS) is 11.5. The van der Waals surface area contributed by atoms with E-state index in [0.29, 0.717) is 52.1 Å². The SMILES string of the molecule is CCCCCCCCCCCCOC(=O)CCN(CCCN(CCCN(C)C)CCC(=O)OC)CCC(=O)OCCCCCCCCCCCC. The molecular formula is C42H83N3O6. The third-order valence-corrected chi connectivity index (χ3v) is 9.67. The van der Waals surface area contributed by atoms with Gasteiger partial charge >= 0.3 is 17.9 Å². The largest absolute Gasteiger partial charge is 0.469 e. The van der Waals surface area contributed by atoms with Crippen LogP contribution in [-0.4, -0.2) is 113 Å². The van der Waals surface area contributed by atoms with E-state index in [-0.39, 0.29) is 17.9 Å². The maximum Gasteiger partial charge on any atom is 0.307 e. The molecule has 0 atom stereocenters. The first-order valence-electron chi connectivity index (χ1n) is 21.3. The molecule has 0 rings (SSSR count). The van der Waals surface area contributed by atoms with Crippen LogP contribution in [0.2, 0.25) is 0 Å². The van der Waals surface area contributed by atoms with Crippen molar-refractivity contribution in [2.45, 2.75) is 174 Å². The quantitative estimate of drug-likeness (QED) is 0.0350. The smallest absolute Gasteiger partial charge is 0.307 e. The summed E-state index contributed by atoms with van der Waals surface area (Å²) in [5.74, 6) is -0.521. The summed E-state index contributed by atoms with van der Waals surface area (Å²) in [6.45, 7) is 10.8. The summed E-state index contributed by atoms with van der Waals surface area (Å²) in [4.78, 5) is 43.7. The summed E-state index contributed by atoms with van der Waals surface area (Å²) in [7, 11) is 5.57. The topological polar surface area (TPSA) is 88.6 Å². The van der Waals surface area contributed by atoms with Gasteiger partial charge in [0.2, 0.25) is 0 Å². The van der Waals surface area contributed by atoms with Gasteiger partial charge in [0, 0.05) is 19.6 Å². The fourth-order valence-electron chi connectivity index (χ4n) is 6.34. The van der Waals surface area contributed by atoms with Gasteiger partial charge in [-0.1, -0.05) is 129 Å². The molecule has 0 radical (unpaired) electrons. The Bertz CT molecular complexity index is 755. The van der Waals surface area contributed by atoms with Crippen molar-refractivity contribution in [2.24, 2.45) is 0 Å². The first-order valence-corrected chi connectivity index (χ1v) is 21.3. The van der Waals surface area contributed by atoms with Gasteiger partial charge in [-0.3, -0.25) is 14.4 Å². The molecule has 9 heteroatoms. The van der Waals surface area contributed by atoms with E-state index < -0.39 is 0 Å². The van der Waals surface area contributed by atoms with Gasteiger partial charge in [-0.2, -0.15) is 0 Å². The molecule has 0 spiro atoms. The predicted molar refractivity (Wildman–Crippen MR) is 212 cm³/mol. The molecule has 0 fully saturated rings. The third-order valence-electron chi connectivity index (χ3n) is 9.67. The van der Waals surface area contributed by atoms with Crippen molar-refractivity contribution in [1.29, 1.82) is 0 Å². The molecular weight excluding hydrogens is 642 g/mol. The van der Waals surface area contributed by atoms with Crippen LogP contribution >= 0.6 is 0 Å². The first-order chi connectivity index (χ1) is 24.8. The third kappa shape index (κ3) is 36.4. The molecule has 51 heavy (non-hydrogen) atoms. The highest BCUT2D eigenvalue weighted by molar-refractivity contribution is 5.70. The Hall–Kier alpha value is -1.71. The number of carbonyl (C=O) groups excluding carboxylic acids is 3. The number of rotatable bonds is 39. The van der Waals surface area contributed by atoms with E-state index in [4.69, 9.17) is 14.2 Å². The Morgan fingerprint density at radius 1 is 0.392 bits per heavy atom. The summed E-state index contributed by atoms with van der Waals surface area (Å²) in [5.41, 5.74) is 0. The molecule has 0 aromatic carbocycles. The zero-order valence-electron chi connectivity index (χ0n) is 34.3. The van der Waals surface area contributed by atoms with Crippen molar-refractivity contribution >= 4 is 17.9 Å². The summed E-state index contributed by atoms with van der Waals surface area (Å²) in [6, 6.07) is 0. The molecule has 0 saturated carbocycles. The molecule has 0 unspecified atom stereocenters. The number of unbranched alkanes of at least 4 members (excludes halogenated alkanes) is 18. The van der Waals surface area contributed by atoms with Gasteiger partial charge in [0.05, 0.1) is 39.6 Å². The molecule has 0 N–H and O–H groups in total. The second-order valence-electron chi connectivity index (χ2n) is 14.8. The highest BCUT2D eigenvalue weighted by Gasteiger charge is 2.14. The summed E-state index contributed by atoms with van der Waals surface area (Å²) < 4.78 is 16.0. The van der Waals surface area contributed by atoms with Gasteiger partial charge in [0.15, 0.2) is 0 Å². The average molecular weight is 726 g/mol. The molecule has 0 aromatic heterocycles.